The summed E-state index contributed by atoms with van der Waals surface area (Å²) in [4.78, 5) is 10.2. The van der Waals surface area contributed by atoms with E-state index in [9.17, 15) is 35.3 Å². The lowest BCUT2D eigenvalue weighted by Gasteiger charge is -2.28. The molecule has 0 radical (unpaired) electrons. The maximum Gasteiger partial charge on any atom is 0.396 e. The number of carboxylic acid groups (broad SMARTS) is 1. The minimum atomic E-state index is -6.53. The van der Waals surface area contributed by atoms with Crippen molar-refractivity contribution in [3.05, 3.63) is 12.2 Å². The predicted octanol–water partition coefficient (Wildman–Crippen LogP) is 0.807. The van der Waals surface area contributed by atoms with Crippen LogP contribution in [0.15, 0.2) is 12.2 Å². The number of ether oxygens (including phenoxy) is 1. The van der Waals surface area contributed by atoms with Gasteiger partial charge in [0.2, 0.25) is 0 Å². The molecule has 1 N–H and O–H groups in total. The normalized spacial score (nSPS) is 13.3. The summed E-state index contributed by atoms with van der Waals surface area (Å²) in [7, 11) is -6.53. The first-order chi connectivity index (χ1) is 8.33. The highest BCUT2D eigenvalue weighted by atomic mass is 32.2. The number of rotatable bonds is 8. The zero-order valence-corrected chi connectivity index (χ0v) is 10.1. The van der Waals surface area contributed by atoms with Crippen LogP contribution in [0.4, 0.5) is 17.6 Å². The van der Waals surface area contributed by atoms with Gasteiger partial charge in [-0.1, -0.05) is 6.58 Å². The Balaban J connectivity index is 4.49. The molecule has 0 saturated carbocycles. The van der Waals surface area contributed by atoms with Gasteiger partial charge >= 0.3 is 17.1 Å². The molecule has 11 heteroatoms. The highest BCUT2D eigenvalue weighted by Gasteiger charge is 2.61. The van der Waals surface area contributed by atoms with Crippen molar-refractivity contribution in [3.8, 4) is 0 Å². The van der Waals surface area contributed by atoms with Crippen molar-refractivity contribution in [2.45, 2.75) is 17.6 Å². The molecule has 0 atom stereocenters. The summed E-state index contributed by atoms with van der Waals surface area (Å²) < 4.78 is 85.2. The molecule has 0 aliphatic rings. The summed E-state index contributed by atoms with van der Waals surface area (Å²) in [6.07, 6.45) is -1.77. The second kappa shape index (κ2) is 5.84. The number of halogens is 4. The molecule has 0 aromatic heterocycles. The SMILES string of the molecule is C=C(COCCC(F)(F)C(F)(F)S(=O)(=O)[O-])C(=O)O. The summed E-state index contributed by atoms with van der Waals surface area (Å²) in [5, 5.41) is 2.54. The number of hydrogen-bond acceptors (Lipinski definition) is 5. The third-order valence-electron chi connectivity index (χ3n) is 1.88. The molecule has 0 heterocycles. The Morgan fingerprint density at radius 1 is 1.32 bits per heavy atom. The lowest BCUT2D eigenvalue weighted by atomic mass is 10.2. The highest BCUT2D eigenvalue weighted by molar-refractivity contribution is 7.86. The molecule has 0 aliphatic carbocycles. The van der Waals surface area contributed by atoms with Crippen LogP contribution in [0.1, 0.15) is 6.42 Å². The van der Waals surface area contributed by atoms with Gasteiger partial charge in [-0.25, -0.2) is 13.2 Å². The summed E-state index contributed by atoms with van der Waals surface area (Å²) in [6.45, 7) is 1.18. The van der Waals surface area contributed by atoms with Gasteiger partial charge in [0.25, 0.3) is 0 Å². The number of alkyl halides is 4. The molecule has 0 rings (SSSR count). The Morgan fingerprint density at radius 3 is 2.16 bits per heavy atom. The van der Waals surface area contributed by atoms with Gasteiger partial charge in [-0.05, 0) is 0 Å². The van der Waals surface area contributed by atoms with Gasteiger partial charge in [-0.3, -0.25) is 0 Å². The Morgan fingerprint density at radius 2 is 1.79 bits per heavy atom. The Kier molecular flexibility index (Phi) is 5.47. The fraction of sp³-hybridized carbons (Fsp3) is 0.625. The van der Waals surface area contributed by atoms with Crippen molar-refractivity contribution >= 4 is 16.1 Å². The van der Waals surface area contributed by atoms with Crippen molar-refractivity contribution in [1.82, 2.24) is 0 Å². The minimum absolute atomic E-state index is 0.508. The van der Waals surface area contributed by atoms with Gasteiger partial charge in [-0.15, -0.1) is 0 Å². The van der Waals surface area contributed by atoms with Crippen molar-refractivity contribution in [2.75, 3.05) is 13.2 Å². The van der Waals surface area contributed by atoms with Gasteiger partial charge in [0.05, 0.1) is 18.8 Å². The van der Waals surface area contributed by atoms with E-state index in [1.54, 1.807) is 0 Å². The van der Waals surface area contributed by atoms with E-state index in [1.165, 1.54) is 0 Å². The fourth-order valence-electron chi connectivity index (χ4n) is 0.786. The van der Waals surface area contributed by atoms with E-state index >= 15 is 0 Å². The number of aliphatic carboxylic acids is 1. The first-order valence-electron chi connectivity index (χ1n) is 4.53. The van der Waals surface area contributed by atoms with Gasteiger partial charge in [0.15, 0.2) is 10.1 Å². The maximum absolute atomic E-state index is 12.8. The van der Waals surface area contributed by atoms with Crippen LogP contribution < -0.4 is 0 Å². The van der Waals surface area contributed by atoms with Gasteiger partial charge < -0.3 is 14.4 Å². The Bertz CT molecular complexity index is 458. The standard InChI is InChI=1S/C8H10F4O6S/c1-5(6(13)14)4-18-3-2-7(9,10)8(11,12)19(15,16)17/h1-4H2,(H,13,14)(H,15,16,17)/p-1. The monoisotopic (exact) mass is 309 g/mol. The van der Waals surface area contributed by atoms with E-state index in [2.05, 4.69) is 11.3 Å². The van der Waals surface area contributed by atoms with Crippen molar-refractivity contribution in [2.24, 2.45) is 0 Å². The molecule has 0 aliphatic heterocycles. The Labute approximate surface area is 105 Å². The van der Waals surface area contributed by atoms with E-state index in [4.69, 9.17) is 5.11 Å². The third-order valence-corrected chi connectivity index (χ3v) is 2.81. The zero-order chi connectivity index (χ0) is 15.5. The molecular weight excluding hydrogens is 300 g/mol. The van der Waals surface area contributed by atoms with Gasteiger partial charge in [-0.2, -0.15) is 17.6 Å². The van der Waals surface area contributed by atoms with Crippen LogP contribution in [-0.2, 0) is 19.6 Å². The molecule has 0 aromatic carbocycles. The largest absolute Gasteiger partial charge is 0.743 e. The maximum atomic E-state index is 12.8. The number of carboxylic acids is 1. The average Bonchev–Trinajstić information content (AvgIpc) is 2.21. The third kappa shape index (κ3) is 4.44. The molecule has 0 amide bonds. The molecule has 0 unspecified atom stereocenters. The van der Waals surface area contributed by atoms with E-state index in [-0.39, 0.29) is 0 Å². The van der Waals surface area contributed by atoms with E-state index in [0.717, 1.165) is 0 Å². The summed E-state index contributed by atoms with van der Waals surface area (Å²) in [5.74, 6) is -6.60. The van der Waals surface area contributed by atoms with Crippen LogP contribution in [0.25, 0.3) is 0 Å². The molecule has 0 spiro atoms. The first kappa shape index (κ1) is 17.8. The minimum Gasteiger partial charge on any atom is -0.743 e. The van der Waals surface area contributed by atoms with Crippen molar-refractivity contribution in [3.63, 3.8) is 0 Å². The first-order valence-corrected chi connectivity index (χ1v) is 5.93. The molecule has 6 nitrogen and oxygen atoms in total. The van der Waals surface area contributed by atoms with Crippen molar-refractivity contribution in [1.29, 1.82) is 0 Å². The summed E-state index contributed by atoms with van der Waals surface area (Å²) >= 11 is 0. The predicted molar refractivity (Wildman–Crippen MR) is 51.8 cm³/mol. The van der Waals surface area contributed by atoms with Gasteiger partial charge in [0, 0.05) is 6.42 Å². The molecule has 19 heavy (non-hydrogen) atoms. The summed E-state index contributed by atoms with van der Waals surface area (Å²) in [5.41, 5.74) is -0.508. The topological polar surface area (TPSA) is 104 Å². The fourth-order valence-corrected chi connectivity index (χ4v) is 1.25. The quantitative estimate of drug-likeness (QED) is 0.308. The van der Waals surface area contributed by atoms with Crippen LogP contribution in [0.5, 0.6) is 0 Å². The number of carbonyl (C=O) groups is 1. The lowest BCUT2D eigenvalue weighted by Crippen LogP contribution is -2.47. The average molecular weight is 309 g/mol. The van der Waals surface area contributed by atoms with E-state index in [1.807, 2.05) is 0 Å². The van der Waals surface area contributed by atoms with Crippen LogP contribution in [0, 0.1) is 0 Å². The second-order valence-electron chi connectivity index (χ2n) is 3.39. The van der Waals surface area contributed by atoms with E-state index in [0.29, 0.717) is 0 Å². The molecule has 0 saturated heterocycles. The van der Waals surface area contributed by atoms with E-state index < -0.39 is 52.5 Å². The van der Waals surface area contributed by atoms with Crippen LogP contribution in [-0.4, -0.2) is 48.4 Å². The van der Waals surface area contributed by atoms with Crippen LogP contribution >= 0.6 is 0 Å². The highest BCUT2D eigenvalue weighted by Crippen LogP contribution is 2.40. The van der Waals surface area contributed by atoms with Crippen molar-refractivity contribution < 1.29 is 45.2 Å². The van der Waals surface area contributed by atoms with Crippen LogP contribution in [0.2, 0.25) is 0 Å². The van der Waals surface area contributed by atoms with Gasteiger partial charge in [0.1, 0.15) is 0 Å². The molecular formula is C8H9F4O6S-. The molecule has 112 valence electrons. The smallest absolute Gasteiger partial charge is 0.396 e. The zero-order valence-electron chi connectivity index (χ0n) is 9.24. The molecule has 0 aromatic rings. The molecule has 0 fully saturated rings. The second-order valence-corrected chi connectivity index (χ2v) is 4.81. The molecule has 0 bridgehead atoms. The summed E-state index contributed by atoms with van der Waals surface area (Å²) in [6, 6.07) is 0. The lowest BCUT2D eigenvalue weighted by molar-refractivity contribution is -0.170. The number of hydrogen-bond donors (Lipinski definition) is 1. The Hall–Kier alpha value is -1.20. The van der Waals surface area contributed by atoms with Crippen LogP contribution in [0.3, 0.4) is 0 Å².